The van der Waals surface area contributed by atoms with Crippen LogP contribution in [0.5, 0.6) is 0 Å². The van der Waals surface area contributed by atoms with Gasteiger partial charge in [-0.15, -0.1) is 11.8 Å². The van der Waals surface area contributed by atoms with Gasteiger partial charge in [0.25, 0.3) is 0 Å². The molecule has 3 rings (SSSR count). The van der Waals surface area contributed by atoms with Gasteiger partial charge in [0, 0.05) is 22.7 Å². The van der Waals surface area contributed by atoms with Gasteiger partial charge >= 0.3 is 0 Å². The monoisotopic (exact) mass is 460 g/mol. The molecular formula is C28H32N2O2S. The molecule has 0 saturated heterocycles. The molecule has 5 heteroatoms. The third-order valence-corrected chi connectivity index (χ3v) is 6.38. The molecule has 0 fully saturated rings. The Hall–Kier alpha value is -3.05. The van der Waals surface area contributed by atoms with Crippen LogP contribution in [0.2, 0.25) is 0 Å². The topological polar surface area (TPSA) is 58.2 Å². The zero-order chi connectivity index (χ0) is 24.0. The minimum atomic E-state index is -0.439. The molecule has 33 heavy (non-hydrogen) atoms. The van der Waals surface area contributed by atoms with Crippen molar-refractivity contribution in [2.24, 2.45) is 5.41 Å². The van der Waals surface area contributed by atoms with E-state index in [0.717, 1.165) is 33.0 Å². The number of para-hydroxylation sites is 1. The Labute approximate surface area is 201 Å². The molecule has 1 atom stereocenters. The molecule has 0 aliphatic heterocycles. The van der Waals surface area contributed by atoms with Gasteiger partial charge in [0.2, 0.25) is 11.8 Å². The van der Waals surface area contributed by atoms with E-state index in [1.54, 1.807) is 0 Å². The number of amides is 2. The summed E-state index contributed by atoms with van der Waals surface area (Å²) in [6.07, 6.45) is 0.440. The molecule has 2 amide bonds. The molecule has 0 aliphatic carbocycles. The number of nitrogens with one attached hydrogen (secondary N) is 2. The Bertz CT molecular complexity index is 1100. The van der Waals surface area contributed by atoms with Gasteiger partial charge in [0.05, 0.1) is 0 Å². The SMILES string of the molecule is Cc1cccc(C)c1NC(=O)C(Sc1cccc(NC(=O)CC(C)(C)C)c1)c1ccccc1. The molecule has 0 aliphatic rings. The fourth-order valence-corrected chi connectivity index (χ4v) is 4.65. The summed E-state index contributed by atoms with van der Waals surface area (Å²) in [6.45, 7) is 10.1. The highest BCUT2D eigenvalue weighted by Gasteiger charge is 2.23. The van der Waals surface area contributed by atoms with Gasteiger partial charge in [-0.1, -0.05) is 75.4 Å². The molecule has 172 valence electrons. The standard InChI is InChI=1S/C28H32N2O2S/c1-19-11-9-12-20(2)25(19)30-27(32)26(21-13-7-6-8-14-21)33-23-16-10-15-22(17-23)29-24(31)18-28(3,4)5/h6-17,26H,18H2,1-5H3,(H,29,31)(H,30,32). The molecule has 0 spiro atoms. The zero-order valence-corrected chi connectivity index (χ0v) is 20.8. The largest absolute Gasteiger partial charge is 0.326 e. The van der Waals surface area contributed by atoms with Crippen LogP contribution in [0, 0.1) is 19.3 Å². The van der Waals surface area contributed by atoms with Crippen molar-refractivity contribution in [3.8, 4) is 0 Å². The molecule has 0 saturated carbocycles. The van der Waals surface area contributed by atoms with Crippen molar-refractivity contribution in [3.63, 3.8) is 0 Å². The molecular weight excluding hydrogens is 428 g/mol. The van der Waals surface area contributed by atoms with E-state index in [1.807, 2.05) is 107 Å². The van der Waals surface area contributed by atoms with Crippen LogP contribution in [0.25, 0.3) is 0 Å². The lowest BCUT2D eigenvalue weighted by Crippen LogP contribution is -2.20. The number of hydrogen-bond acceptors (Lipinski definition) is 3. The molecule has 3 aromatic rings. The summed E-state index contributed by atoms with van der Waals surface area (Å²) in [5.74, 6) is -0.0946. The molecule has 2 N–H and O–H groups in total. The van der Waals surface area contributed by atoms with Crippen LogP contribution in [-0.4, -0.2) is 11.8 Å². The Morgan fingerprint density at radius 2 is 1.48 bits per heavy atom. The number of hydrogen-bond donors (Lipinski definition) is 2. The maximum atomic E-state index is 13.4. The average Bonchev–Trinajstić information content (AvgIpc) is 2.74. The minimum absolute atomic E-state index is 0.0166. The van der Waals surface area contributed by atoms with E-state index >= 15 is 0 Å². The number of benzene rings is 3. The van der Waals surface area contributed by atoms with E-state index in [2.05, 4.69) is 10.6 Å². The first kappa shape index (κ1) is 24.6. The first-order valence-electron chi connectivity index (χ1n) is 11.1. The molecule has 0 aromatic heterocycles. The van der Waals surface area contributed by atoms with Gasteiger partial charge < -0.3 is 10.6 Å². The van der Waals surface area contributed by atoms with Crippen molar-refractivity contribution in [1.29, 1.82) is 0 Å². The van der Waals surface area contributed by atoms with E-state index in [9.17, 15) is 9.59 Å². The van der Waals surface area contributed by atoms with Gasteiger partial charge in [-0.25, -0.2) is 0 Å². The van der Waals surface area contributed by atoms with E-state index in [-0.39, 0.29) is 17.2 Å². The number of carbonyl (C=O) groups excluding carboxylic acids is 2. The highest BCUT2D eigenvalue weighted by Crippen LogP contribution is 2.37. The van der Waals surface area contributed by atoms with Crippen molar-refractivity contribution in [1.82, 2.24) is 0 Å². The number of anilines is 2. The molecule has 0 radical (unpaired) electrons. The van der Waals surface area contributed by atoms with Crippen molar-refractivity contribution in [3.05, 3.63) is 89.5 Å². The van der Waals surface area contributed by atoms with Gasteiger partial charge in [0.15, 0.2) is 0 Å². The Morgan fingerprint density at radius 3 is 2.12 bits per heavy atom. The number of rotatable bonds is 7. The van der Waals surface area contributed by atoms with E-state index in [4.69, 9.17) is 0 Å². The van der Waals surface area contributed by atoms with E-state index in [1.165, 1.54) is 11.8 Å². The Kier molecular flexibility index (Phi) is 7.98. The summed E-state index contributed by atoms with van der Waals surface area (Å²) in [4.78, 5) is 26.7. The lowest BCUT2D eigenvalue weighted by atomic mass is 9.92. The second kappa shape index (κ2) is 10.7. The first-order chi connectivity index (χ1) is 15.6. The summed E-state index contributed by atoms with van der Waals surface area (Å²) < 4.78 is 0. The highest BCUT2D eigenvalue weighted by atomic mass is 32.2. The van der Waals surface area contributed by atoms with Crippen LogP contribution < -0.4 is 10.6 Å². The Morgan fingerprint density at radius 1 is 0.848 bits per heavy atom. The summed E-state index contributed by atoms with van der Waals surface area (Å²) in [5, 5.41) is 5.68. The van der Waals surface area contributed by atoms with Crippen molar-refractivity contribution in [2.45, 2.75) is 51.2 Å². The van der Waals surface area contributed by atoms with Gasteiger partial charge in [-0.2, -0.15) is 0 Å². The van der Waals surface area contributed by atoms with Crippen LogP contribution in [-0.2, 0) is 9.59 Å². The maximum Gasteiger partial charge on any atom is 0.242 e. The summed E-state index contributed by atoms with van der Waals surface area (Å²) in [5.41, 5.74) is 4.49. The van der Waals surface area contributed by atoms with E-state index < -0.39 is 5.25 Å². The van der Waals surface area contributed by atoms with Crippen LogP contribution in [0.1, 0.15) is 49.1 Å². The zero-order valence-electron chi connectivity index (χ0n) is 19.9. The van der Waals surface area contributed by atoms with Crippen molar-refractivity contribution >= 4 is 35.0 Å². The van der Waals surface area contributed by atoms with Crippen molar-refractivity contribution in [2.75, 3.05) is 10.6 Å². The van der Waals surface area contributed by atoms with E-state index in [0.29, 0.717) is 6.42 Å². The Balaban J connectivity index is 1.83. The quantitative estimate of drug-likeness (QED) is 0.368. The summed E-state index contributed by atoms with van der Waals surface area (Å²) >= 11 is 1.47. The van der Waals surface area contributed by atoms with Crippen LogP contribution >= 0.6 is 11.8 Å². The molecule has 3 aromatic carbocycles. The maximum absolute atomic E-state index is 13.4. The van der Waals surface area contributed by atoms with Gasteiger partial charge in [-0.05, 0) is 54.2 Å². The number of thioether (sulfide) groups is 1. The lowest BCUT2D eigenvalue weighted by molar-refractivity contribution is -0.118. The predicted octanol–water partition coefficient (Wildman–Crippen LogP) is 7.15. The smallest absolute Gasteiger partial charge is 0.242 e. The van der Waals surface area contributed by atoms with Crippen LogP contribution in [0.4, 0.5) is 11.4 Å². The number of carbonyl (C=O) groups is 2. The molecule has 4 nitrogen and oxygen atoms in total. The van der Waals surface area contributed by atoms with Gasteiger partial charge in [0.1, 0.15) is 5.25 Å². The van der Waals surface area contributed by atoms with Crippen LogP contribution in [0.3, 0.4) is 0 Å². The summed E-state index contributed by atoms with van der Waals surface area (Å²) in [7, 11) is 0. The number of aryl methyl sites for hydroxylation is 2. The second-order valence-electron chi connectivity index (χ2n) is 9.48. The average molecular weight is 461 g/mol. The highest BCUT2D eigenvalue weighted by molar-refractivity contribution is 8.00. The normalized spacial score (nSPS) is 12.2. The lowest BCUT2D eigenvalue weighted by Gasteiger charge is -2.20. The third kappa shape index (κ3) is 7.22. The second-order valence-corrected chi connectivity index (χ2v) is 10.7. The summed E-state index contributed by atoms with van der Waals surface area (Å²) in [6, 6.07) is 23.4. The van der Waals surface area contributed by atoms with Crippen molar-refractivity contribution < 1.29 is 9.59 Å². The molecule has 0 heterocycles. The van der Waals surface area contributed by atoms with Crippen LogP contribution in [0.15, 0.2) is 77.7 Å². The fourth-order valence-electron chi connectivity index (χ4n) is 3.57. The fraction of sp³-hybridized carbons (Fsp3) is 0.286. The third-order valence-electron chi connectivity index (χ3n) is 5.13. The molecule has 0 bridgehead atoms. The minimum Gasteiger partial charge on any atom is -0.326 e. The first-order valence-corrected chi connectivity index (χ1v) is 12.0. The molecule has 1 unspecified atom stereocenters. The van der Waals surface area contributed by atoms with Gasteiger partial charge in [-0.3, -0.25) is 9.59 Å². The predicted molar refractivity (Wildman–Crippen MR) is 139 cm³/mol.